The first-order valence-corrected chi connectivity index (χ1v) is 9.72. The first kappa shape index (κ1) is 19.5. The van der Waals surface area contributed by atoms with Crippen LogP contribution in [0.1, 0.15) is 38.7 Å². The molecule has 3 aromatic rings. The number of rotatable bonds is 5. The first-order chi connectivity index (χ1) is 14.6. The average molecular weight is 401 g/mol. The topological polar surface area (TPSA) is 84.7 Å². The minimum absolute atomic E-state index is 0.164. The Labute approximate surface area is 175 Å². The van der Waals surface area contributed by atoms with Gasteiger partial charge >= 0.3 is 6.03 Å². The Morgan fingerprint density at radius 2 is 1.83 bits per heavy atom. The summed E-state index contributed by atoms with van der Waals surface area (Å²) in [5.74, 6) is 0.588. The van der Waals surface area contributed by atoms with E-state index in [2.05, 4.69) is 5.32 Å². The van der Waals surface area contributed by atoms with Crippen LogP contribution in [0.15, 0.2) is 72.8 Å². The summed E-state index contributed by atoms with van der Waals surface area (Å²) in [6.45, 7) is 0.891. The van der Waals surface area contributed by atoms with Gasteiger partial charge in [0.25, 0.3) is 5.91 Å². The van der Waals surface area contributed by atoms with Gasteiger partial charge < -0.3 is 20.7 Å². The van der Waals surface area contributed by atoms with Crippen LogP contribution < -0.4 is 15.8 Å². The van der Waals surface area contributed by atoms with E-state index in [0.29, 0.717) is 18.7 Å². The normalized spacial score (nSPS) is 14.8. The monoisotopic (exact) mass is 401 g/mol. The lowest BCUT2D eigenvalue weighted by Gasteiger charge is -2.24. The van der Waals surface area contributed by atoms with Crippen LogP contribution >= 0.6 is 0 Å². The molecule has 0 saturated heterocycles. The highest BCUT2D eigenvalue weighted by Crippen LogP contribution is 2.38. The van der Waals surface area contributed by atoms with Crippen molar-refractivity contribution < 1.29 is 14.3 Å². The van der Waals surface area contributed by atoms with Gasteiger partial charge in [0.15, 0.2) is 0 Å². The fourth-order valence-corrected chi connectivity index (χ4v) is 3.84. The Morgan fingerprint density at radius 3 is 2.57 bits per heavy atom. The van der Waals surface area contributed by atoms with Crippen LogP contribution in [0.2, 0.25) is 0 Å². The smallest absolute Gasteiger partial charge is 0.315 e. The van der Waals surface area contributed by atoms with E-state index >= 15 is 0 Å². The van der Waals surface area contributed by atoms with E-state index < -0.39 is 6.03 Å². The average Bonchev–Trinajstić information content (AvgIpc) is 3.18. The largest absolute Gasteiger partial charge is 0.497 e. The second kappa shape index (κ2) is 8.29. The van der Waals surface area contributed by atoms with E-state index in [4.69, 9.17) is 10.5 Å². The Bertz CT molecular complexity index is 1080. The number of fused-ring (bicyclic) bond motifs is 1. The minimum atomic E-state index is -0.462. The zero-order valence-corrected chi connectivity index (χ0v) is 16.7. The van der Waals surface area contributed by atoms with Crippen molar-refractivity contribution in [1.82, 2.24) is 10.2 Å². The summed E-state index contributed by atoms with van der Waals surface area (Å²) in [5.41, 5.74) is 10.2. The van der Waals surface area contributed by atoms with Crippen LogP contribution in [0.5, 0.6) is 5.75 Å². The van der Waals surface area contributed by atoms with Gasteiger partial charge in [-0.15, -0.1) is 0 Å². The third-order valence-electron chi connectivity index (χ3n) is 5.36. The Balaban J connectivity index is 1.49. The number of nitrogens with two attached hydrogens (primary N) is 1. The van der Waals surface area contributed by atoms with Crippen molar-refractivity contribution in [2.45, 2.75) is 19.1 Å². The lowest BCUT2D eigenvalue weighted by atomic mass is 9.97. The molecule has 30 heavy (non-hydrogen) atoms. The van der Waals surface area contributed by atoms with Crippen LogP contribution in [0.4, 0.5) is 4.79 Å². The Kier molecular flexibility index (Phi) is 5.39. The van der Waals surface area contributed by atoms with Gasteiger partial charge in [0, 0.05) is 18.7 Å². The molecule has 152 valence electrons. The highest BCUT2D eigenvalue weighted by molar-refractivity contribution is 5.94. The van der Waals surface area contributed by atoms with Gasteiger partial charge in [0.2, 0.25) is 0 Å². The maximum atomic E-state index is 12.5. The number of hydrogen-bond acceptors (Lipinski definition) is 3. The number of primary amides is 1. The lowest BCUT2D eigenvalue weighted by molar-refractivity contribution is 0.0950. The molecule has 3 amide bonds. The zero-order chi connectivity index (χ0) is 21.1. The molecular formula is C24H23N3O3. The summed E-state index contributed by atoms with van der Waals surface area (Å²) in [4.78, 5) is 26.2. The van der Waals surface area contributed by atoms with E-state index in [9.17, 15) is 9.59 Å². The quantitative estimate of drug-likeness (QED) is 0.685. The summed E-state index contributed by atoms with van der Waals surface area (Å²) in [7, 11) is 1.61. The summed E-state index contributed by atoms with van der Waals surface area (Å²) >= 11 is 0. The molecule has 0 aromatic heterocycles. The third-order valence-corrected chi connectivity index (χ3v) is 5.36. The Morgan fingerprint density at radius 1 is 1.07 bits per heavy atom. The van der Waals surface area contributed by atoms with E-state index in [0.717, 1.165) is 28.0 Å². The molecule has 1 aliphatic heterocycles. The molecule has 0 radical (unpaired) electrons. The molecule has 0 saturated carbocycles. The molecule has 1 atom stereocenters. The van der Waals surface area contributed by atoms with Crippen molar-refractivity contribution in [2.24, 2.45) is 5.73 Å². The standard InChI is InChI=1S/C24H23N3O3/c1-30-20-7-4-5-16(13-20)14-26-23(28)18-11-9-17(10-12-18)22-21-8-3-2-6-19(21)15-27(22)24(25)29/h2-13,22H,14-15H2,1H3,(H2,25,29)(H,26,28). The Hall–Kier alpha value is -3.80. The first-order valence-electron chi connectivity index (χ1n) is 9.72. The van der Waals surface area contributed by atoms with Gasteiger partial charge in [0.1, 0.15) is 5.75 Å². The number of nitrogens with one attached hydrogen (secondary N) is 1. The molecular weight excluding hydrogens is 378 g/mol. The molecule has 0 aliphatic carbocycles. The van der Waals surface area contributed by atoms with Gasteiger partial charge in [-0.3, -0.25) is 4.79 Å². The van der Waals surface area contributed by atoms with Crippen LogP contribution in [0.3, 0.4) is 0 Å². The van der Waals surface area contributed by atoms with Gasteiger partial charge in [-0.25, -0.2) is 4.79 Å². The van der Waals surface area contributed by atoms with Gasteiger partial charge in [-0.05, 0) is 46.5 Å². The molecule has 6 heteroatoms. The number of amides is 3. The maximum absolute atomic E-state index is 12.5. The molecule has 3 N–H and O–H groups in total. The number of carbonyl (C=O) groups excluding carboxylic acids is 2. The minimum Gasteiger partial charge on any atom is -0.497 e. The number of hydrogen-bond donors (Lipinski definition) is 2. The van der Waals surface area contributed by atoms with E-state index in [-0.39, 0.29) is 11.9 Å². The molecule has 1 heterocycles. The third kappa shape index (κ3) is 3.85. The predicted molar refractivity (Wildman–Crippen MR) is 114 cm³/mol. The maximum Gasteiger partial charge on any atom is 0.315 e. The number of methoxy groups -OCH3 is 1. The van der Waals surface area contributed by atoms with Crippen LogP contribution in [-0.2, 0) is 13.1 Å². The van der Waals surface area contributed by atoms with Crippen molar-refractivity contribution in [3.8, 4) is 5.75 Å². The number of carbonyl (C=O) groups is 2. The molecule has 0 fully saturated rings. The number of ether oxygens (including phenoxy) is 1. The van der Waals surface area contributed by atoms with Crippen molar-refractivity contribution in [3.05, 3.63) is 101 Å². The zero-order valence-electron chi connectivity index (χ0n) is 16.7. The van der Waals surface area contributed by atoms with Crippen molar-refractivity contribution in [2.75, 3.05) is 7.11 Å². The van der Waals surface area contributed by atoms with Gasteiger partial charge in [-0.1, -0.05) is 48.5 Å². The molecule has 0 bridgehead atoms. The summed E-state index contributed by atoms with van der Waals surface area (Å²) < 4.78 is 5.21. The molecule has 1 aliphatic rings. The van der Waals surface area contributed by atoms with Crippen molar-refractivity contribution in [3.63, 3.8) is 0 Å². The fraction of sp³-hybridized carbons (Fsp3) is 0.167. The van der Waals surface area contributed by atoms with E-state index in [1.165, 1.54) is 0 Å². The second-order valence-electron chi connectivity index (χ2n) is 7.22. The van der Waals surface area contributed by atoms with Crippen molar-refractivity contribution >= 4 is 11.9 Å². The van der Waals surface area contributed by atoms with Crippen molar-refractivity contribution in [1.29, 1.82) is 0 Å². The molecule has 1 unspecified atom stereocenters. The number of benzene rings is 3. The van der Waals surface area contributed by atoms with Crippen LogP contribution in [0.25, 0.3) is 0 Å². The number of nitrogens with zero attached hydrogens (tertiary/aromatic N) is 1. The van der Waals surface area contributed by atoms with Gasteiger partial charge in [-0.2, -0.15) is 0 Å². The van der Waals surface area contributed by atoms with E-state index in [1.807, 2.05) is 60.7 Å². The molecule has 4 rings (SSSR count). The van der Waals surface area contributed by atoms with E-state index in [1.54, 1.807) is 24.1 Å². The predicted octanol–water partition coefficient (Wildman–Crippen LogP) is 3.61. The van der Waals surface area contributed by atoms with Crippen LogP contribution in [-0.4, -0.2) is 23.9 Å². The lowest BCUT2D eigenvalue weighted by Crippen LogP contribution is -2.34. The highest BCUT2D eigenvalue weighted by atomic mass is 16.5. The van der Waals surface area contributed by atoms with Crippen LogP contribution in [0, 0.1) is 0 Å². The summed E-state index contributed by atoms with van der Waals surface area (Å²) in [6, 6.07) is 22.1. The second-order valence-corrected chi connectivity index (χ2v) is 7.22. The molecule has 6 nitrogen and oxygen atoms in total. The number of urea groups is 1. The SMILES string of the molecule is COc1cccc(CNC(=O)c2ccc(C3c4ccccc4CN3C(N)=O)cc2)c1. The fourth-order valence-electron chi connectivity index (χ4n) is 3.84. The summed E-state index contributed by atoms with van der Waals surface area (Å²) in [6.07, 6.45) is 0. The summed E-state index contributed by atoms with van der Waals surface area (Å²) in [5, 5.41) is 2.92. The molecule has 3 aromatic carbocycles. The van der Waals surface area contributed by atoms with Gasteiger partial charge in [0.05, 0.1) is 13.2 Å². The molecule has 0 spiro atoms. The highest BCUT2D eigenvalue weighted by Gasteiger charge is 2.33.